The molecule has 0 radical (unpaired) electrons. The number of sulfonamides is 1. The standard InChI is InChI=1S/C35H37Cl2N3O4S/c1-3-4-22-38-35(42)32(23-27-15-7-5-8-16-27)39(24-28-17-12-11-14-26(28)2)33(41)25-40(31-21-13-20-30(36)34(31)37)45(43,44)29-18-9-6-10-19-29/h5-21,32H,3-4,22-25H2,1-2H3,(H,38,42)/t32-/m1/s1. The second kappa shape index (κ2) is 15.9. The van der Waals surface area contributed by atoms with Crippen molar-refractivity contribution >= 4 is 50.7 Å². The van der Waals surface area contributed by atoms with Gasteiger partial charge in [0.1, 0.15) is 12.6 Å². The van der Waals surface area contributed by atoms with Crippen LogP contribution in [0.3, 0.4) is 0 Å². The van der Waals surface area contributed by atoms with Gasteiger partial charge in [-0.1, -0.05) is 115 Å². The molecule has 2 amide bonds. The summed E-state index contributed by atoms with van der Waals surface area (Å²) in [7, 11) is -4.28. The number of nitrogens with zero attached hydrogens (tertiary/aromatic N) is 2. The first-order valence-electron chi connectivity index (χ1n) is 14.8. The van der Waals surface area contributed by atoms with E-state index in [0.717, 1.165) is 33.8 Å². The van der Waals surface area contributed by atoms with Crippen LogP contribution in [0.4, 0.5) is 5.69 Å². The predicted molar refractivity (Wildman–Crippen MR) is 181 cm³/mol. The minimum atomic E-state index is -4.28. The van der Waals surface area contributed by atoms with Gasteiger partial charge in [-0.05, 0) is 54.3 Å². The fraction of sp³-hybridized carbons (Fsp3) is 0.257. The summed E-state index contributed by atoms with van der Waals surface area (Å²) in [6.45, 7) is 3.90. The van der Waals surface area contributed by atoms with E-state index in [-0.39, 0.29) is 39.5 Å². The lowest BCUT2D eigenvalue weighted by molar-refractivity contribution is -0.140. The molecule has 4 rings (SSSR count). The molecule has 0 spiro atoms. The van der Waals surface area contributed by atoms with Crippen LogP contribution in [0.15, 0.2) is 108 Å². The number of hydrogen-bond acceptors (Lipinski definition) is 4. The molecule has 0 aromatic heterocycles. The average molecular weight is 667 g/mol. The van der Waals surface area contributed by atoms with E-state index >= 15 is 0 Å². The quantitative estimate of drug-likeness (QED) is 0.146. The fourth-order valence-electron chi connectivity index (χ4n) is 4.95. The van der Waals surface area contributed by atoms with E-state index in [4.69, 9.17) is 23.2 Å². The third kappa shape index (κ3) is 8.66. The Labute approximate surface area is 275 Å². The van der Waals surface area contributed by atoms with Crippen molar-refractivity contribution in [1.29, 1.82) is 0 Å². The Bertz CT molecular complexity index is 1700. The van der Waals surface area contributed by atoms with Gasteiger partial charge in [0.15, 0.2) is 0 Å². The van der Waals surface area contributed by atoms with Crippen molar-refractivity contribution < 1.29 is 18.0 Å². The van der Waals surface area contributed by atoms with E-state index in [2.05, 4.69) is 5.32 Å². The van der Waals surface area contributed by atoms with Gasteiger partial charge in [0.25, 0.3) is 10.0 Å². The molecule has 4 aromatic rings. The van der Waals surface area contributed by atoms with Crippen molar-refractivity contribution in [2.24, 2.45) is 0 Å². The minimum Gasteiger partial charge on any atom is -0.354 e. The van der Waals surface area contributed by atoms with E-state index in [1.54, 1.807) is 30.3 Å². The zero-order valence-corrected chi connectivity index (χ0v) is 27.7. The number of rotatable bonds is 14. The fourth-order valence-corrected chi connectivity index (χ4v) is 6.84. The zero-order valence-electron chi connectivity index (χ0n) is 25.3. The molecule has 236 valence electrons. The SMILES string of the molecule is CCCCNC(=O)[C@@H](Cc1ccccc1)N(Cc1ccccc1C)C(=O)CN(c1cccc(Cl)c1Cl)S(=O)(=O)c1ccccc1. The number of carbonyl (C=O) groups is 2. The Morgan fingerprint density at radius 1 is 0.844 bits per heavy atom. The van der Waals surface area contributed by atoms with Gasteiger partial charge >= 0.3 is 0 Å². The van der Waals surface area contributed by atoms with E-state index in [1.807, 2.05) is 68.4 Å². The normalized spacial score (nSPS) is 11.9. The topological polar surface area (TPSA) is 86.8 Å². The highest BCUT2D eigenvalue weighted by atomic mass is 35.5. The summed E-state index contributed by atoms with van der Waals surface area (Å²) in [5, 5.41) is 3.13. The number of unbranched alkanes of at least 4 members (excludes halogenated alkanes) is 1. The maximum Gasteiger partial charge on any atom is 0.264 e. The van der Waals surface area contributed by atoms with Crippen molar-refractivity contribution in [3.05, 3.63) is 130 Å². The third-order valence-electron chi connectivity index (χ3n) is 7.51. The number of aryl methyl sites for hydroxylation is 1. The number of halogens is 2. The average Bonchev–Trinajstić information content (AvgIpc) is 3.04. The second-order valence-electron chi connectivity index (χ2n) is 10.7. The second-order valence-corrected chi connectivity index (χ2v) is 13.3. The molecule has 7 nitrogen and oxygen atoms in total. The highest BCUT2D eigenvalue weighted by Gasteiger charge is 2.35. The van der Waals surface area contributed by atoms with Crippen LogP contribution in [0.1, 0.15) is 36.5 Å². The maximum absolute atomic E-state index is 14.5. The molecule has 0 aliphatic carbocycles. The lowest BCUT2D eigenvalue weighted by atomic mass is 10.0. The van der Waals surface area contributed by atoms with Gasteiger partial charge in [-0.25, -0.2) is 8.42 Å². The van der Waals surface area contributed by atoms with Crippen molar-refractivity contribution in [2.75, 3.05) is 17.4 Å². The van der Waals surface area contributed by atoms with Crippen LogP contribution in [-0.2, 0) is 32.6 Å². The van der Waals surface area contributed by atoms with Gasteiger partial charge in [-0.15, -0.1) is 0 Å². The van der Waals surface area contributed by atoms with Crippen LogP contribution in [0, 0.1) is 6.92 Å². The highest BCUT2D eigenvalue weighted by Crippen LogP contribution is 2.35. The summed E-state index contributed by atoms with van der Waals surface area (Å²) in [4.78, 5) is 29.8. The molecule has 4 aromatic carbocycles. The zero-order chi connectivity index (χ0) is 32.4. The van der Waals surface area contributed by atoms with Gasteiger partial charge in [0.05, 0.1) is 20.6 Å². The van der Waals surface area contributed by atoms with Gasteiger partial charge in [-0.3, -0.25) is 13.9 Å². The molecular weight excluding hydrogens is 629 g/mol. The van der Waals surface area contributed by atoms with Crippen molar-refractivity contribution in [3.63, 3.8) is 0 Å². The van der Waals surface area contributed by atoms with Gasteiger partial charge < -0.3 is 10.2 Å². The summed E-state index contributed by atoms with van der Waals surface area (Å²) < 4.78 is 29.2. The number of carbonyl (C=O) groups excluding carboxylic acids is 2. The van der Waals surface area contributed by atoms with Crippen molar-refractivity contribution in [3.8, 4) is 0 Å². The van der Waals surface area contributed by atoms with Crippen molar-refractivity contribution in [1.82, 2.24) is 10.2 Å². The number of anilines is 1. The number of nitrogens with one attached hydrogen (secondary N) is 1. The molecule has 0 aliphatic rings. The first-order valence-corrected chi connectivity index (χ1v) is 17.0. The maximum atomic E-state index is 14.5. The van der Waals surface area contributed by atoms with Gasteiger partial charge in [0, 0.05) is 19.5 Å². The Morgan fingerprint density at radius 2 is 1.49 bits per heavy atom. The summed E-state index contributed by atoms with van der Waals surface area (Å²) in [6, 6.07) is 28.6. The predicted octanol–water partition coefficient (Wildman–Crippen LogP) is 7.05. The summed E-state index contributed by atoms with van der Waals surface area (Å²) in [5.41, 5.74) is 2.70. The van der Waals surface area contributed by atoms with Crippen LogP contribution < -0.4 is 9.62 Å². The largest absolute Gasteiger partial charge is 0.354 e. The molecule has 45 heavy (non-hydrogen) atoms. The van der Waals surface area contributed by atoms with E-state index in [0.29, 0.717) is 6.54 Å². The Hall–Kier alpha value is -3.85. The van der Waals surface area contributed by atoms with Crippen LogP contribution in [0.25, 0.3) is 0 Å². The third-order valence-corrected chi connectivity index (χ3v) is 10.1. The van der Waals surface area contributed by atoms with Crippen molar-refractivity contribution in [2.45, 2.75) is 50.6 Å². The number of amides is 2. The first-order chi connectivity index (χ1) is 21.6. The lowest BCUT2D eigenvalue weighted by Crippen LogP contribution is -2.53. The molecule has 1 N–H and O–H groups in total. The monoisotopic (exact) mass is 665 g/mol. The Kier molecular flexibility index (Phi) is 12.0. The molecule has 0 bridgehead atoms. The molecule has 0 saturated heterocycles. The Balaban J connectivity index is 1.82. The molecule has 0 fully saturated rings. The molecule has 1 atom stereocenters. The highest BCUT2D eigenvalue weighted by molar-refractivity contribution is 7.92. The first kappa shape index (κ1) is 34.0. The van der Waals surface area contributed by atoms with Crippen LogP contribution >= 0.6 is 23.2 Å². The lowest BCUT2D eigenvalue weighted by Gasteiger charge is -2.34. The molecule has 10 heteroatoms. The molecule has 0 aliphatic heterocycles. The van der Waals surface area contributed by atoms with Gasteiger partial charge in [0.2, 0.25) is 11.8 Å². The van der Waals surface area contributed by atoms with E-state index < -0.39 is 28.5 Å². The number of benzene rings is 4. The summed E-state index contributed by atoms with van der Waals surface area (Å²) in [5.74, 6) is -0.882. The van der Waals surface area contributed by atoms with E-state index in [1.165, 1.54) is 23.1 Å². The number of hydrogen-bond donors (Lipinski definition) is 1. The van der Waals surface area contributed by atoms with E-state index in [9.17, 15) is 18.0 Å². The Morgan fingerprint density at radius 3 is 2.16 bits per heavy atom. The van der Waals surface area contributed by atoms with Crippen LogP contribution in [0.2, 0.25) is 10.0 Å². The summed E-state index contributed by atoms with van der Waals surface area (Å²) >= 11 is 12.9. The smallest absolute Gasteiger partial charge is 0.264 e. The molecule has 0 unspecified atom stereocenters. The van der Waals surface area contributed by atoms with Crippen LogP contribution in [-0.4, -0.2) is 44.3 Å². The minimum absolute atomic E-state index is 0.00456. The van der Waals surface area contributed by atoms with Gasteiger partial charge in [-0.2, -0.15) is 0 Å². The molecular formula is C35H37Cl2N3O4S. The van der Waals surface area contributed by atoms with Crippen LogP contribution in [0.5, 0.6) is 0 Å². The molecule has 0 saturated carbocycles. The molecule has 0 heterocycles. The summed E-state index contributed by atoms with van der Waals surface area (Å²) in [6.07, 6.45) is 1.91.